The minimum atomic E-state index is 0.500. The largest absolute Gasteiger partial charge is 0.381 e. The van der Waals surface area contributed by atoms with Crippen LogP contribution in [0.2, 0.25) is 5.02 Å². The first-order valence-corrected chi connectivity index (χ1v) is 8.19. The Hall–Kier alpha value is -0.570. The highest BCUT2D eigenvalue weighted by molar-refractivity contribution is 6.31. The standard InChI is InChI=1S/C17H26ClNO/c1-2-9-19-11-15(13-20-12-14-7-8-14)10-16-5-3-4-6-17(16)18/h3-6,14-15,19H,2,7-13H2,1H3. The molecule has 1 N–H and O–H groups in total. The summed E-state index contributed by atoms with van der Waals surface area (Å²) in [5.74, 6) is 1.33. The van der Waals surface area contributed by atoms with E-state index in [0.717, 1.165) is 43.7 Å². The number of hydrogen-bond donors (Lipinski definition) is 1. The molecule has 0 radical (unpaired) electrons. The lowest BCUT2D eigenvalue weighted by Crippen LogP contribution is -2.28. The third-order valence-corrected chi connectivity index (χ3v) is 4.10. The molecule has 0 saturated heterocycles. The topological polar surface area (TPSA) is 21.3 Å². The summed E-state index contributed by atoms with van der Waals surface area (Å²) < 4.78 is 5.88. The molecule has 2 nitrogen and oxygen atoms in total. The van der Waals surface area contributed by atoms with Gasteiger partial charge in [0.15, 0.2) is 0 Å². The number of nitrogens with one attached hydrogen (secondary N) is 1. The molecule has 1 aromatic rings. The molecule has 0 bridgehead atoms. The van der Waals surface area contributed by atoms with Crippen LogP contribution in [0, 0.1) is 11.8 Å². The molecule has 0 aliphatic heterocycles. The number of ether oxygens (including phenoxy) is 1. The smallest absolute Gasteiger partial charge is 0.0509 e. The third kappa shape index (κ3) is 5.82. The average molecular weight is 296 g/mol. The first kappa shape index (κ1) is 15.8. The van der Waals surface area contributed by atoms with Gasteiger partial charge in [-0.2, -0.15) is 0 Å². The van der Waals surface area contributed by atoms with Crippen molar-refractivity contribution in [2.24, 2.45) is 11.8 Å². The van der Waals surface area contributed by atoms with Gasteiger partial charge in [-0.15, -0.1) is 0 Å². The van der Waals surface area contributed by atoms with Gasteiger partial charge >= 0.3 is 0 Å². The van der Waals surface area contributed by atoms with Gasteiger partial charge in [0.2, 0.25) is 0 Å². The zero-order valence-electron chi connectivity index (χ0n) is 12.4. The quantitative estimate of drug-likeness (QED) is 0.661. The summed E-state index contributed by atoms with van der Waals surface area (Å²) >= 11 is 6.26. The first-order chi connectivity index (χ1) is 9.79. The Labute approximate surface area is 127 Å². The molecule has 0 heterocycles. The molecule has 0 amide bonds. The van der Waals surface area contributed by atoms with Gasteiger partial charge in [-0.3, -0.25) is 0 Å². The number of rotatable bonds is 10. The van der Waals surface area contributed by atoms with E-state index >= 15 is 0 Å². The molecular weight excluding hydrogens is 270 g/mol. The van der Waals surface area contributed by atoms with E-state index < -0.39 is 0 Å². The van der Waals surface area contributed by atoms with Crippen molar-refractivity contribution in [2.45, 2.75) is 32.6 Å². The van der Waals surface area contributed by atoms with Crippen LogP contribution in [0.4, 0.5) is 0 Å². The van der Waals surface area contributed by atoms with Gasteiger partial charge in [0, 0.05) is 18.2 Å². The predicted octanol–water partition coefficient (Wildman–Crippen LogP) is 3.92. The van der Waals surface area contributed by atoms with E-state index in [9.17, 15) is 0 Å². The van der Waals surface area contributed by atoms with Gasteiger partial charge in [-0.1, -0.05) is 36.7 Å². The second-order valence-electron chi connectivity index (χ2n) is 5.85. The molecule has 0 spiro atoms. The van der Waals surface area contributed by atoms with E-state index in [4.69, 9.17) is 16.3 Å². The van der Waals surface area contributed by atoms with Crippen molar-refractivity contribution in [1.82, 2.24) is 5.32 Å². The molecule has 1 atom stereocenters. The summed E-state index contributed by atoms with van der Waals surface area (Å²) in [6.45, 7) is 6.04. The zero-order valence-corrected chi connectivity index (χ0v) is 13.2. The highest BCUT2D eigenvalue weighted by atomic mass is 35.5. The molecule has 1 aliphatic carbocycles. The third-order valence-electron chi connectivity index (χ3n) is 3.73. The average Bonchev–Trinajstić information content (AvgIpc) is 3.25. The maximum atomic E-state index is 6.26. The molecule has 3 heteroatoms. The number of benzene rings is 1. The molecule has 1 saturated carbocycles. The molecule has 0 aromatic heterocycles. The predicted molar refractivity (Wildman–Crippen MR) is 85.3 cm³/mol. The summed E-state index contributed by atoms with van der Waals surface area (Å²) in [5.41, 5.74) is 1.23. The summed E-state index contributed by atoms with van der Waals surface area (Å²) in [6, 6.07) is 8.14. The van der Waals surface area contributed by atoms with Gasteiger partial charge in [-0.25, -0.2) is 0 Å². The fourth-order valence-electron chi connectivity index (χ4n) is 2.33. The highest BCUT2D eigenvalue weighted by Gasteiger charge is 2.22. The molecular formula is C17H26ClNO. The van der Waals surface area contributed by atoms with Crippen LogP contribution in [0.15, 0.2) is 24.3 Å². The van der Waals surface area contributed by atoms with Crippen molar-refractivity contribution >= 4 is 11.6 Å². The lowest BCUT2D eigenvalue weighted by molar-refractivity contribution is 0.0907. The highest BCUT2D eigenvalue weighted by Crippen LogP contribution is 2.29. The Kier molecular flexibility index (Phi) is 6.85. The molecule has 1 fully saturated rings. The van der Waals surface area contributed by atoms with Gasteiger partial charge < -0.3 is 10.1 Å². The van der Waals surface area contributed by atoms with Crippen LogP contribution < -0.4 is 5.32 Å². The molecule has 1 unspecified atom stereocenters. The van der Waals surface area contributed by atoms with Gasteiger partial charge in [0.1, 0.15) is 0 Å². The van der Waals surface area contributed by atoms with Crippen LogP contribution in [0.3, 0.4) is 0 Å². The molecule has 1 aliphatic rings. The Bertz CT molecular complexity index is 392. The van der Waals surface area contributed by atoms with Crippen molar-refractivity contribution in [3.63, 3.8) is 0 Å². The van der Waals surface area contributed by atoms with Crippen molar-refractivity contribution < 1.29 is 4.74 Å². The lowest BCUT2D eigenvalue weighted by Gasteiger charge is -2.18. The van der Waals surface area contributed by atoms with Crippen LogP contribution in [-0.4, -0.2) is 26.3 Å². The number of halogens is 1. The Morgan fingerprint density at radius 2 is 2.15 bits per heavy atom. The Morgan fingerprint density at radius 1 is 1.35 bits per heavy atom. The minimum Gasteiger partial charge on any atom is -0.381 e. The SMILES string of the molecule is CCCNCC(COCC1CC1)Cc1ccccc1Cl. The summed E-state index contributed by atoms with van der Waals surface area (Å²) in [6.07, 6.45) is 4.86. The Morgan fingerprint density at radius 3 is 2.85 bits per heavy atom. The van der Waals surface area contributed by atoms with Gasteiger partial charge in [-0.05, 0) is 55.7 Å². The van der Waals surface area contributed by atoms with Crippen LogP contribution in [0.1, 0.15) is 31.7 Å². The molecule has 112 valence electrons. The maximum Gasteiger partial charge on any atom is 0.0509 e. The Balaban J connectivity index is 1.81. The van der Waals surface area contributed by atoms with E-state index in [1.165, 1.54) is 24.8 Å². The first-order valence-electron chi connectivity index (χ1n) is 7.81. The number of hydrogen-bond acceptors (Lipinski definition) is 2. The molecule has 20 heavy (non-hydrogen) atoms. The van der Waals surface area contributed by atoms with Crippen LogP contribution in [-0.2, 0) is 11.2 Å². The van der Waals surface area contributed by atoms with Crippen molar-refractivity contribution in [1.29, 1.82) is 0 Å². The fourth-order valence-corrected chi connectivity index (χ4v) is 2.55. The summed E-state index contributed by atoms with van der Waals surface area (Å²) in [4.78, 5) is 0. The van der Waals surface area contributed by atoms with E-state index in [1.54, 1.807) is 0 Å². The van der Waals surface area contributed by atoms with Crippen LogP contribution in [0.5, 0.6) is 0 Å². The van der Waals surface area contributed by atoms with Gasteiger partial charge in [0.25, 0.3) is 0 Å². The lowest BCUT2D eigenvalue weighted by atomic mass is 10.00. The second-order valence-corrected chi connectivity index (χ2v) is 6.25. The molecule has 1 aromatic carbocycles. The monoisotopic (exact) mass is 295 g/mol. The second kappa shape index (κ2) is 8.66. The maximum absolute atomic E-state index is 6.26. The minimum absolute atomic E-state index is 0.500. The fraction of sp³-hybridized carbons (Fsp3) is 0.647. The van der Waals surface area contributed by atoms with Crippen LogP contribution >= 0.6 is 11.6 Å². The van der Waals surface area contributed by atoms with Crippen molar-refractivity contribution in [2.75, 3.05) is 26.3 Å². The normalized spacial score (nSPS) is 16.3. The summed E-state index contributed by atoms with van der Waals surface area (Å²) in [7, 11) is 0. The van der Waals surface area contributed by atoms with Crippen LogP contribution in [0.25, 0.3) is 0 Å². The van der Waals surface area contributed by atoms with E-state index in [0.29, 0.717) is 5.92 Å². The van der Waals surface area contributed by atoms with Gasteiger partial charge in [0.05, 0.1) is 6.61 Å². The van der Waals surface area contributed by atoms with Crippen molar-refractivity contribution in [3.8, 4) is 0 Å². The van der Waals surface area contributed by atoms with E-state index in [2.05, 4.69) is 24.4 Å². The van der Waals surface area contributed by atoms with Crippen molar-refractivity contribution in [3.05, 3.63) is 34.9 Å². The van der Waals surface area contributed by atoms with E-state index in [-0.39, 0.29) is 0 Å². The molecule has 2 rings (SSSR count). The zero-order chi connectivity index (χ0) is 14.2. The van der Waals surface area contributed by atoms with E-state index in [1.807, 2.05) is 12.1 Å². The summed E-state index contributed by atoms with van der Waals surface area (Å²) in [5, 5.41) is 4.38.